The second-order valence-corrected chi connectivity index (χ2v) is 4.99. The highest BCUT2D eigenvalue weighted by molar-refractivity contribution is 5.66. The van der Waals surface area contributed by atoms with Crippen molar-refractivity contribution in [2.75, 3.05) is 0 Å². The van der Waals surface area contributed by atoms with Crippen molar-refractivity contribution in [2.45, 2.75) is 31.3 Å². The van der Waals surface area contributed by atoms with Gasteiger partial charge in [0.1, 0.15) is 5.75 Å². The predicted molar refractivity (Wildman–Crippen MR) is 76.8 cm³/mol. The molecule has 0 saturated carbocycles. The van der Waals surface area contributed by atoms with E-state index in [4.69, 9.17) is 21.0 Å². The lowest BCUT2D eigenvalue weighted by molar-refractivity contribution is -0.137. The number of nitrogens with two attached hydrogens (primary N) is 2. The van der Waals surface area contributed by atoms with Gasteiger partial charge in [-0.25, -0.2) is 0 Å². The van der Waals surface area contributed by atoms with Crippen LogP contribution in [-0.2, 0) is 11.2 Å². The van der Waals surface area contributed by atoms with E-state index in [-0.39, 0.29) is 30.4 Å². The van der Waals surface area contributed by atoms with Crippen molar-refractivity contribution < 1.29 is 19.4 Å². The molecule has 1 aromatic carbocycles. The van der Waals surface area contributed by atoms with E-state index in [1.165, 1.54) is 0 Å². The largest absolute Gasteiger partial charge is 0.508 e. The zero-order valence-corrected chi connectivity index (χ0v) is 11.8. The Morgan fingerprint density at radius 1 is 1.14 bits per heavy atom. The summed E-state index contributed by atoms with van der Waals surface area (Å²) in [6.07, 6.45) is 0.606. The lowest BCUT2D eigenvalue weighted by Crippen LogP contribution is -2.14. The van der Waals surface area contributed by atoms with Crippen LogP contribution < -0.4 is 11.5 Å². The smallest absolute Gasteiger partial charge is 0.303 e. The van der Waals surface area contributed by atoms with Crippen LogP contribution in [0.1, 0.15) is 42.3 Å². The van der Waals surface area contributed by atoms with Crippen LogP contribution in [0.5, 0.6) is 5.75 Å². The normalized spacial score (nSPS) is 13.7. The van der Waals surface area contributed by atoms with Crippen LogP contribution in [0, 0.1) is 0 Å². The van der Waals surface area contributed by atoms with E-state index < -0.39 is 18.1 Å². The molecule has 0 aliphatic rings. The summed E-state index contributed by atoms with van der Waals surface area (Å²) in [5, 5.41) is 25.5. The van der Waals surface area contributed by atoms with Crippen LogP contribution in [0.4, 0.5) is 0 Å². The van der Waals surface area contributed by atoms with Gasteiger partial charge in [0.15, 0.2) is 0 Å². The third kappa shape index (κ3) is 4.27. The molecule has 2 atom stereocenters. The first-order valence-electron chi connectivity index (χ1n) is 6.80. The van der Waals surface area contributed by atoms with E-state index in [1.807, 2.05) is 0 Å². The number of phenols is 1. The van der Waals surface area contributed by atoms with Gasteiger partial charge < -0.3 is 26.1 Å². The Labute approximate surface area is 126 Å². The monoisotopic (exact) mass is 306 g/mol. The number of carboxylic acid groups (broad SMARTS) is 1. The molecule has 0 fully saturated rings. The van der Waals surface area contributed by atoms with Crippen LogP contribution in [0.3, 0.4) is 0 Å². The van der Waals surface area contributed by atoms with Crippen LogP contribution in [-0.4, -0.2) is 26.4 Å². The lowest BCUT2D eigenvalue weighted by Gasteiger charge is -2.08. The number of rotatable bonds is 7. The highest BCUT2D eigenvalue weighted by Gasteiger charge is 2.19. The van der Waals surface area contributed by atoms with E-state index >= 15 is 0 Å². The molecule has 8 nitrogen and oxygen atoms in total. The first kappa shape index (κ1) is 15.9. The number of aromatic hydroxyl groups is 1. The molecule has 8 heteroatoms. The minimum Gasteiger partial charge on any atom is -0.508 e. The number of benzene rings is 1. The maximum atomic E-state index is 10.5. The van der Waals surface area contributed by atoms with Crippen molar-refractivity contribution in [1.82, 2.24) is 10.2 Å². The topological polar surface area (TPSA) is 148 Å². The zero-order chi connectivity index (χ0) is 16.1. The van der Waals surface area contributed by atoms with Gasteiger partial charge in [0.25, 0.3) is 0 Å². The number of phenolic OH excluding ortho intramolecular Hbond substituents is 1. The summed E-state index contributed by atoms with van der Waals surface area (Å²) >= 11 is 0. The maximum absolute atomic E-state index is 10.5. The highest BCUT2D eigenvalue weighted by Crippen LogP contribution is 2.20. The van der Waals surface area contributed by atoms with E-state index in [1.54, 1.807) is 24.3 Å². The Hall–Kier alpha value is -2.45. The second-order valence-electron chi connectivity index (χ2n) is 4.99. The van der Waals surface area contributed by atoms with Gasteiger partial charge in [-0.1, -0.05) is 12.1 Å². The van der Waals surface area contributed by atoms with Gasteiger partial charge in [0.05, 0.1) is 12.1 Å². The minimum absolute atomic E-state index is 0.0710. The van der Waals surface area contributed by atoms with Crippen LogP contribution in [0.15, 0.2) is 28.7 Å². The van der Waals surface area contributed by atoms with Gasteiger partial charge in [0, 0.05) is 6.42 Å². The Morgan fingerprint density at radius 2 is 1.73 bits per heavy atom. The number of hydrogen-bond acceptors (Lipinski definition) is 7. The van der Waals surface area contributed by atoms with E-state index in [2.05, 4.69) is 10.2 Å². The molecule has 2 rings (SSSR count). The van der Waals surface area contributed by atoms with Gasteiger partial charge >= 0.3 is 5.97 Å². The summed E-state index contributed by atoms with van der Waals surface area (Å²) in [7, 11) is 0. The van der Waals surface area contributed by atoms with E-state index in [0.29, 0.717) is 6.42 Å². The molecule has 1 aromatic heterocycles. The molecule has 22 heavy (non-hydrogen) atoms. The van der Waals surface area contributed by atoms with Gasteiger partial charge in [-0.2, -0.15) is 0 Å². The SMILES string of the molecule is N[C@@H](CCC(=O)O)c1nnc([C@@H](N)Cc2ccc(O)cc2)o1. The Bertz CT molecular complexity index is 626. The molecule has 0 radical (unpaired) electrons. The zero-order valence-electron chi connectivity index (χ0n) is 11.8. The molecule has 0 saturated heterocycles. The van der Waals surface area contributed by atoms with E-state index in [0.717, 1.165) is 5.56 Å². The molecular formula is C14H18N4O4. The van der Waals surface area contributed by atoms with Crippen molar-refractivity contribution in [3.05, 3.63) is 41.6 Å². The third-order valence-electron chi connectivity index (χ3n) is 3.15. The van der Waals surface area contributed by atoms with E-state index in [9.17, 15) is 9.90 Å². The molecule has 0 unspecified atom stereocenters. The minimum atomic E-state index is -0.931. The van der Waals surface area contributed by atoms with Gasteiger partial charge in [-0.05, 0) is 30.5 Å². The maximum Gasteiger partial charge on any atom is 0.303 e. The number of carbonyl (C=O) groups is 1. The molecule has 2 aromatic rings. The Balaban J connectivity index is 1.97. The number of aromatic nitrogens is 2. The van der Waals surface area contributed by atoms with Gasteiger partial charge in [-0.3, -0.25) is 4.79 Å². The van der Waals surface area contributed by atoms with Crippen molar-refractivity contribution in [3.63, 3.8) is 0 Å². The summed E-state index contributed by atoms with van der Waals surface area (Å²) in [6.45, 7) is 0. The Kier molecular flexibility index (Phi) is 5.08. The average molecular weight is 306 g/mol. The van der Waals surface area contributed by atoms with Crippen molar-refractivity contribution in [2.24, 2.45) is 11.5 Å². The standard InChI is InChI=1S/C14H18N4O4/c15-10(5-6-12(20)21)13-17-18-14(22-13)11(16)7-8-1-3-9(19)4-2-8/h1-4,10-11,19H,5-7,15-16H2,(H,20,21)/t10-,11-/m0/s1. The van der Waals surface area contributed by atoms with Crippen LogP contribution in [0.2, 0.25) is 0 Å². The summed E-state index contributed by atoms with van der Waals surface area (Å²) in [4.78, 5) is 10.5. The average Bonchev–Trinajstić information content (AvgIpc) is 2.97. The summed E-state index contributed by atoms with van der Waals surface area (Å²) in [6, 6.07) is 5.53. The van der Waals surface area contributed by atoms with Crippen molar-refractivity contribution >= 4 is 5.97 Å². The lowest BCUT2D eigenvalue weighted by atomic mass is 10.1. The molecule has 0 aliphatic carbocycles. The fourth-order valence-electron chi connectivity index (χ4n) is 1.92. The number of carboxylic acids is 1. The molecule has 6 N–H and O–H groups in total. The molecule has 0 amide bonds. The highest BCUT2D eigenvalue weighted by atomic mass is 16.4. The summed E-state index contributed by atoms with van der Waals surface area (Å²) in [5.41, 5.74) is 12.7. The number of hydrogen-bond donors (Lipinski definition) is 4. The van der Waals surface area contributed by atoms with Crippen LogP contribution in [0.25, 0.3) is 0 Å². The molecular weight excluding hydrogens is 288 g/mol. The second kappa shape index (κ2) is 7.01. The summed E-state index contributed by atoms with van der Waals surface area (Å²) in [5.74, 6) is -0.327. The van der Waals surface area contributed by atoms with Gasteiger partial charge in [-0.15, -0.1) is 10.2 Å². The quantitative estimate of drug-likeness (QED) is 0.589. The van der Waals surface area contributed by atoms with Crippen molar-refractivity contribution in [3.8, 4) is 5.75 Å². The first-order valence-corrected chi connectivity index (χ1v) is 6.80. The molecule has 118 valence electrons. The van der Waals surface area contributed by atoms with Crippen LogP contribution >= 0.6 is 0 Å². The molecule has 0 spiro atoms. The number of nitrogens with zero attached hydrogens (tertiary/aromatic N) is 2. The fourth-order valence-corrected chi connectivity index (χ4v) is 1.92. The Morgan fingerprint density at radius 3 is 2.32 bits per heavy atom. The third-order valence-corrected chi connectivity index (χ3v) is 3.15. The fraction of sp³-hybridized carbons (Fsp3) is 0.357. The van der Waals surface area contributed by atoms with Crippen molar-refractivity contribution in [1.29, 1.82) is 0 Å². The van der Waals surface area contributed by atoms with Gasteiger partial charge in [0.2, 0.25) is 11.8 Å². The number of aliphatic carboxylic acids is 1. The predicted octanol–water partition coefficient (Wildman–Crippen LogP) is 0.882. The summed E-state index contributed by atoms with van der Waals surface area (Å²) < 4.78 is 5.42. The molecule has 1 heterocycles. The first-order chi connectivity index (χ1) is 10.5. The molecule has 0 aliphatic heterocycles. The molecule has 0 bridgehead atoms.